The van der Waals surface area contributed by atoms with Crippen LogP contribution < -0.4 is 10.6 Å². The van der Waals surface area contributed by atoms with E-state index in [4.69, 9.17) is 9.47 Å². The van der Waals surface area contributed by atoms with Crippen molar-refractivity contribution in [1.82, 2.24) is 10.6 Å². The average Bonchev–Trinajstić information content (AvgIpc) is 3.11. The van der Waals surface area contributed by atoms with Crippen LogP contribution in [0.1, 0.15) is 17.7 Å². The molecule has 112 valence electrons. The fourth-order valence-electron chi connectivity index (χ4n) is 2.04. The summed E-state index contributed by atoms with van der Waals surface area (Å²) in [6.45, 7) is 3.18. The molecule has 0 radical (unpaired) electrons. The van der Waals surface area contributed by atoms with E-state index in [0.29, 0.717) is 26.3 Å². The predicted molar refractivity (Wildman–Crippen MR) is 79.2 cm³/mol. The molecule has 1 aromatic heterocycles. The third-order valence-electron chi connectivity index (χ3n) is 3.10. The van der Waals surface area contributed by atoms with Crippen LogP contribution in [0, 0.1) is 0 Å². The minimum Gasteiger partial charge on any atom is -0.377 e. The summed E-state index contributed by atoms with van der Waals surface area (Å²) in [5.74, 6) is 0. The standard InChI is InChI=1S/C14H22N2O3S/c17-14(15-6-5-13-4-2-10-20-13)16-7-9-18-11-12-3-1-8-19-12/h2,4,10,12H,1,3,5-9,11H2,(H2,15,16,17)/t12-/m1/s1. The molecule has 0 aliphatic carbocycles. The molecule has 6 heteroatoms. The van der Waals surface area contributed by atoms with Crippen molar-refractivity contribution in [3.63, 3.8) is 0 Å². The molecule has 0 aromatic carbocycles. The topological polar surface area (TPSA) is 59.6 Å². The highest BCUT2D eigenvalue weighted by Gasteiger charge is 2.14. The third-order valence-corrected chi connectivity index (χ3v) is 4.03. The molecule has 1 atom stereocenters. The molecule has 5 nitrogen and oxygen atoms in total. The predicted octanol–water partition coefficient (Wildman–Crippen LogP) is 1.79. The lowest BCUT2D eigenvalue weighted by atomic mass is 10.2. The summed E-state index contributed by atoms with van der Waals surface area (Å²) in [5.41, 5.74) is 0. The van der Waals surface area contributed by atoms with Crippen molar-refractivity contribution in [2.24, 2.45) is 0 Å². The summed E-state index contributed by atoms with van der Waals surface area (Å²) < 4.78 is 10.9. The van der Waals surface area contributed by atoms with Gasteiger partial charge in [0, 0.05) is 24.6 Å². The van der Waals surface area contributed by atoms with E-state index in [1.165, 1.54) is 4.88 Å². The molecule has 2 N–H and O–H groups in total. The summed E-state index contributed by atoms with van der Waals surface area (Å²) in [6.07, 6.45) is 3.32. The summed E-state index contributed by atoms with van der Waals surface area (Å²) in [5, 5.41) is 7.65. The van der Waals surface area contributed by atoms with Gasteiger partial charge in [0.25, 0.3) is 0 Å². The van der Waals surface area contributed by atoms with E-state index in [1.54, 1.807) is 11.3 Å². The van der Waals surface area contributed by atoms with Crippen LogP contribution in [0.25, 0.3) is 0 Å². The van der Waals surface area contributed by atoms with Gasteiger partial charge >= 0.3 is 6.03 Å². The van der Waals surface area contributed by atoms with Crippen molar-refractivity contribution in [3.8, 4) is 0 Å². The minimum absolute atomic E-state index is 0.137. The van der Waals surface area contributed by atoms with Gasteiger partial charge < -0.3 is 20.1 Å². The molecule has 1 saturated heterocycles. The number of urea groups is 1. The van der Waals surface area contributed by atoms with Crippen LogP contribution in [-0.4, -0.2) is 45.0 Å². The minimum atomic E-state index is -0.137. The van der Waals surface area contributed by atoms with E-state index in [2.05, 4.69) is 16.7 Å². The second-order valence-electron chi connectivity index (χ2n) is 4.72. The lowest BCUT2D eigenvalue weighted by molar-refractivity contribution is 0.0188. The SMILES string of the molecule is O=C(NCCOC[C@H]1CCCO1)NCCc1cccs1. The molecule has 0 unspecified atom stereocenters. The fraction of sp³-hybridized carbons (Fsp3) is 0.643. The molecule has 1 aromatic rings. The Morgan fingerprint density at radius 2 is 2.35 bits per heavy atom. The molecule has 1 fully saturated rings. The van der Waals surface area contributed by atoms with Gasteiger partial charge in [0.05, 0.1) is 19.3 Å². The Morgan fingerprint density at radius 1 is 1.45 bits per heavy atom. The Bertz CT molecular complexity index is 378. The number of ether oxygens (including phenoxy) is 2. The van der Waals surface area contributed by atoms with Gasteiger partial charge in [-0.25, -0.2) is 4.79 Å². The Kier molecular flexibility index (Phi) is 6.83. The second-order valence-corrected chi connectivity index (χ2v) is 5.75. The molecular formula is C14H22N2O3S. The molecule has 20 heavy (non-hydrogen) atoms. The van der Waals surface area contributed by atoms with E-state index in [9.17, 15) is 4.79 Å². The molecule has 2 heterocycles. The smallest absolute Gasteiger partial charge is 0.314 e. The van der Waals surface area contributed by atoms with E-state index >= 15 is 0 Å². The Hall–Kier alpha value is -1.11. The number of rotatable bonds is 8. The number of hydrogen-bond donors (Lipinski definition) is 2. The maximum Gasteiger partial charge on any atom is 0.314 e. The van der Waals surface area contributed by atoms with Gasteiger partial charge in [-0.15, -0.1) is 11.3 Å². The van der Waals surface area contributed by atoms with E-state index in [0.717, 1.165) is 25.9 Å². The lowest BCUT2D eigenvalue weighted by Crippen LogP contribution is -2.38. The van der Waals surface area contributed by atoms with Gasteiger partial charge in [-0.05, 0) is 30.7 Å². The first-order valence-electron chi connectivity index (χ1n) is 7.08. The molecular weight excluding hydrogens is 276 g/mol. The van der Waals surface area contributed by atoms with Crippen molar-refractivity contribution in [1.29, 1.82) is 0 Å². The largest absolute Gasteiger partial charge is 0.377 e. The van der Waals surface area contributed by atoms with Crippen LogP contribution in [0.5, 0.6) is 0 Å². The van der Waals surface area contributed by atoms with E-state index < -0.39 is 0 Å². The van der Waals surface area contributed by atoms with Gasteiger partial charge in [0.15, 0.2) is 0 Å². The zero-order chi connectivity index (χ0) is 14.0. The van der Waals surface area contributed by atoms with E-state index in [-0.39, 0.29) is 12.1 Å². The van der Waals surface area contributed by atoms with Gasteiger partial charge in [-0.2, -0.15) is 0 Å². The van der Waals surface area contributed by atoms with Crippen molar-refractivity contribution in [3.05, 3.63) is 22.4 Å². The summed E-state index contributed by atoms with van der Waals surface area (Å²) in [6, 6.07) is 3.96. The fourth-order valence-corrected chi connectivity index (χ4v) is 2.75. The van der Waals surface area contributed by atoms with Crippen LogP contribution in [0.4, 0.5) is 4.79 Å². The Morgan fingerprint density at radius 3 is 3.10 bits per heavy atom. The maximum absolute atomic E-state index is 11.5. The highest BCUT2D eigenvalue weighted by atomic mass is 32.1. The number of nitrogens with one attached hydrogen (secondary N) is 2. The number of carbonyl (C=O) groups is 1. The summed E-state index contributed by atoms with van der Waals surface area (Å²) in [7, 11) is 0. The highest BCUT2D eigenvalue weighted by Crippen LogP contribution is 2.11. The van der Waals surface area contributed by atoms with Gasteiger partial charge in [0.2, 0.25) is 0 Å². The van der Waals surface area contributed by atoms with Crippen LogP contribution in [0.3, 0.4) is 0 Å². The quantitative estimate of drug-likeness (QED) is 0.719. The zero-order valence-electron chi connectivity index (χ0n) is 11.6. The Labute approximate surface area is 123 Å². The number of thiophene rings is 1. The molecule has 2 amide bonds. The lowest BCUT2D eigenvalue weighted by Gasteiger charge is -2.11. The summed E-state index contributed by atoms with van der Waals surface area (Å²) >= 11 is 1.71. The van der Waals surface area contributed by atoms with Crippen molar-refractivity contribution >= 4 is 17.4 Å². The van der Waals surface area contributed by atoms with Crippen LogP contribution >= 0.6 is 11.3 Å². The normalized spacial score (nSPS) is 18.1. The first kappa shape index (κ1) is 15.3. The third kappa shape index (κ3) is 5.90. The van der Waals surface area contributed by atoms with Crippen LogP contribution in [-0.2, 0) is 15.9 Å². The number of hydrogen-bond acceptors (Lipinski definition) is 4. The molecule has 0 bridgehead atoms. The second kappa shape index (κ2) is 8.94. The monoisotopic (exact) mass is 298 g/mol. The maximum atomic E-state index is 11.5. The van der Waals surface area contributed by atoms with E-state index in [1.807, 2.05) is 11.4 Å². The van der Waals surface area contributed by atoms with Crippen molar-refractivity contribution in [2.45, 2.75) is 25.4 Å². The van der Waals surface area contributed by atoms with Crippen LogP contribution in [0.15, 0.2) is 17.5 Å². The zero-order valence-corrected chi connectivity index (χ0v) is 12.4. The molecule has 0 spiro atoms. The Balaban J connectivity index is 1.41. The number of carbonyl (C=O) groups excluding carboxylic acids is 1. The van der Waals surface area contributed by atoms with Crippen LogP contribution in [0.2, 0.25) is 0 Å². The molecule has 0 saturated carbocycles. The van der Waals surface area contributed by atoms with Gasteiger partial charge in [-0.3, -0.25) is 0 Å². The van der Waals surface area contributed by atoms with Crippen molar-refractivity contribution < 1.29 is 14.3 Å². The summed E-state index contributed by atoms with van der Waals surface area (Å²) in [4.78, 5) is 12.8. The molecule has 1 aliphatic heterocycles. The van der Waals surface area contributed by atoms with Crippen molar-refractivity contribution in [2.75, 3.05) is 32.9 Å². The molecule has 2 rings (SSSR count). The highest BCUT2D eigenvalue weighted by molar-refractivity contribution is 7.09. The number of amides is 2. The first-order valence-corrected chi connectivity index (χ1v) is 7.96. The van der Waals surface area contributed by atoms with Gasteiger partial charge in [0.1, 0.15) is 0 Å². The molecule has 1 aliphatic rings. The van der Waals surface area contributed by atoms with Gasteiger partial charge in [-0.1, -0.05) is 6.07 Å². The average molecular weight is 298 g/mol. The first-order chi connectivity index (χ1) is 9.84.